The van der Waals surface area contributed by atoms with Crippen LogP contribution in [0, 0.1) is 0 Å². The van der Waals surface area contributed by atoms with Crippen LogP contribution in [0.15, 0.2) is 42.6 Å². The maximum Gasteiger partial charge on any atom is 0.124 e. The molecule has 19 heavy (non-hydrogen) atoms. The fourth-order valence-electron chi connectivity index (χ4n) is 1.72. The summed E-state index contributed by atoms with van der Waals surface area (Å²) in [4.78, 5) is 0.352. The first kappa shape index (κ1) is 7.22. The van der Waals surface area contributed by atoms with Gasteiger partial charge in [0.25, 0.3) is 0 Å². The van der Waals surface area contributed by atoms with E-state index in [0.29, 0.717) is 16.2 Å². The highest BCUT2D eigenvalue weighted by Crippen LogP contribution is 2.25. The Bertz CT molecular complexity index is 730. The zero-order chi connectivity index (χ0) is 19.8. The molecule has 1 unspecified atom stereocenters. The first-order valence-corrected chi connectivity index (χ1v) is 5.82. The Hall–Kier alpha value is -1.65. The summed E-state index contributed by atoms with van der Waals surface area (Å²) in [5.41, 5.74) is 1.10. The molecule has 4 nitrogen and oxygen atoms in total. The zero-order valence-electron chi connectivity index (χ0n) is 17.9. The number of nitrogens with zero attached hydrogens (tertiary/aromatic N) is 3. The van der Waals surface area contributed by atoms with Gasteiger partial charge in [0.2, 0.25) is 0 Å². The number of aryl methyl sites for hydroxylation is 1. The van der Waals surface area contributed by atoms with E-state index in [2.05, 4.69) is 5.10 Å². The summed E-state index contributed by atoms with van der Waals surface area (Å²) < 4.78 is 61.5. The maximum atomic E-state index is 8.14. The van der Waals surface area contributed by atoms with Crippen molar-refractivity contribution in [2.45, 2.75) is 6.10 Å². The summed E-state index contributed by atoms with van der Waals surface area (Å²) in [5, 5.41) is 4.05. The van der Waals surface area contributed by atoms with Gasteiger partial charge < -0.3 is 9.64 Å². The molecular formula is C15H21N3O. The minimum Gasteiger partial charge on any atom is -0.366 e. The molecule has 0 fully saturated rings. The van der Waals surface area contributed by atoms with E-state index in [0.717, 1.165) is 7.05 Å². The number of hydrogen-bond acceptors (Lipinski definition) is 3. The number of hydrogen-bond donors (Lipinski definition) is 0. The van der Waals surface area contributed by atoms with Crippen LogP contribution < -0.4 is 0 Å². The van der Waals surface area contributed by atoms with Crippen molar-refractivity contribution in [2.75, 3.05) is 27.1 Å². The maximum absolute atomic E-state index is 8.14. The lowest BCUT2D eigenvalue weighted by atomic mass is 10.1. The third-order valence-electron chi connectivity index (χ3n) is 2.62. The largest absolute Gasteiger partial charge is 0.366 e. The quantitative estimate of drug-likeness (QED) is 0.802. The molecule has 0 spiro atoms. The Morgan fingerprint density at radius 3 is 2.84 bits per heavy atom. The lowest BCUT2D eigenvalue weighted by Crippen LogP contribution is -2.20. The Morgan fingerprint density at radius 1 is 1.42 bits per heavy atom. The molecule has 102 valence electrons. The van der Waals surface area contributed by atoms with Crippen LogP contribution in [0.2, 0.25) is 0 Å². The number of likely N-dealkylation sites (N-methyl/N-ethyl adjacent to an activating group) is 1. The van der Waals surface area contributed by atoms with Gasteiger partial charge in [0, 0.05) is 26.6 Å². The van der Waals surface area contributed by atoms with E-state index in [1.165, 1.54) is 10.9 Å². The molecule has 0 saturated carbocycles. The van der Waals surface area contributed by atoms with Crippen LogP contribution in [0.3, 0.4) is 0 Å². The van der Waals surface area contributed by atoms with Gasteiger partial charge in [0.1, 0.15) is 6.10 Å². The normalized spacial score (nSPS) is 20.5. The van der Waals surface area contributed by atoms with E-state index in [4.69, 9.17) is 14.3 Å². The molecule has 0 aliphatic carbocycles. The Kier molecular flexibility index (Phi) is 2.47. The van der Waals surface area contributed by atoms with Gasteiger partial charge in [-0.1, -0.05) is 30.3 Å². The monoisotopic (exact) mass is 266 g/mol. The van der Waals surface area contributed by atoms with Crippen molar-refractivity contribution in [3.8, 4) is 0 Å². The van der Waals surface area contributed by atoms with E-state index < -0.39 is 26.1 Å². The summed E-state index contributed by atoms with van der Waals surface area (Å²) >= 11 is 0. The average Bonchev–Trinajstić information content (AvgIpc) is 2.97. The van der Waals surface area contributed by atoms with Crippen LogP contribution in [0.5, 0.6) is 0 Å². The second-order valence-corrected chi connectivity index (χ2v) is 4.06. The number of benzene rings is 1. The topological polar surface area (TPSA) is 30.3 Å². The van der Waals surface area contributed by atoms with Crippen molar-refractivity contribution in [1.82, 2.24) is 14.7 Å². The number of aromatic nitrogens is 2. The molecule has 0 radical (unpaired) electrons. The average molecular weight is 266 g/mol. The number of rotatable bonds is 6. The highest BCUT2D eigenvalue weighted by atomic mass is 16.5. The van der Waals surface area contributed by atoms with E-state index in [9.17, 15) is 0 Å². The van der Waals surface area contributed by atoms with Gasteiger partial charge in [0.05, 0.1) is 15.0 Å². The molecule has 0 bridgehead atoms. The third kappa shape index (κ3) is 3.66. The predicted molar refractivity (Wildman–Crippen MR) is 76.0 cm³/mol. The second-order valence-electron chi connectivity index (χ2n) is 4.06. The summed E-state index contributed by atoms with van der Waals surface area (Å²) in [6, 6.07) is 10.4. The standard InChI is InChI=1S/C15H21N3O/c1-17(2)11-12-19-15(13-7-5-4-6-8-13)14-9-10-16-18(14)3/h4-10,15H,11-12H2,1-3H3/i1D3,11D2,12D2. The lowest BCUT2D eigenvalue weighted by Gasteiger charge is -2.20. The van der Waals surface area contributed by atoms with Crippen LogP contribution in [0.1, 0.15) is 27.0 Å². The molecule has 1 atom stereocenters. The van der Waals surface area contributed by atoms with Crippen LogP contribution in [-0.2, 0) is 11.8 Å². The van der Waals surface area contributed by atoms with Crippen molar-refractivity contribution in [3.63, 3.8) is 0 Å². The molecule has 2 aromatic rings. The summed E-state index contributed by atoms with van der Waals surface area (Å²) in [6.45, 7) is -8.67. The van der Waals surface area contributed by atoms with Crippen molar-refractivity contribution < 1.29 is 14.3 Å². The third-order valence-corrected chi connectivity index (χ3v) is 2.62. The fraction of sp³-hybridized carbons (Fsp3) is 0.400. The lowest BCUT2D eigenvalue weighted by molar-refractivity contribution is 0.0638. The Morgan fingerprint density at radius 2 is 2.21 bits per heavy atom. The van der Waals surface area contributed by atoms with Gasteiger partial charge in [-0.3, -0.25) is 4.68 Å². The predicted octanol–water partition coefficient (Wildman–Crippen LogP) is 2.09. The van der Waals surface area contributed by atoms with Gasteiger partial charge in [-0.05, 0) is 25.7 Å². The van der Waals surface area contributed by atoms with E-state index in [1.807, 2.05) is 0 Å². The zero-order valence-corrected chi connectivity index (χ0v) is 10.9. The summed E-state index contributed by atoms with van der Waals surface area (Å²) in [6.07, 6.45) is 0.548. The molecule has 2 rings (SSSR count). The van der Waals surface area contributed by atoms with Crippen molar-refractivity contribution in [1.29, 1.82) is 0 Å². The molecule has 1 heterocycles. The molecule has 0 saturated heterocycles. The van der Waals surface area contributed by atoms with Crippen molar-refractivity contribution >= 4 is 0 Å². The Balaban J connectivity index is 2.43. The summed E-state index contributed by atoms with van der Waals surface area (Å²) in [5.74, 6) is 0. The smallest absolute Gasteiger partial charge is 0.124 e. The highest BCUT2D eigenvalue weighted by Gasteiger charge is 2.17. The minimum absolute atomic E-state index is 0.352. The highest BCUT2D eigenvalue weighted by molar-refractivity contribution is 5.25. The molecule has 0 amide bonds. The Labute approximate surface area is 124 Å². The number of ether oxygens (including phenoxy) is 1. The van der Waals surface area contributed by atoms with E-state index in [-0.39, 0.29) is 0 Å². The minimum atomic E-state index is -2.93. The van der Waals surface area contributed by atoms with Gasteiger partial charge in [-0.25, -0.2) is 0 Å². The van der Waals surface area contributed by atoms with Gasteiger partial charge in [0.15, 0.2) is 0 Å². The van der Waals surface area contributed by atoms with Gasteiger partial charge >= 0.3 is 0 Å². The molecule has 1 aromatic carbocycles. The molecule has 0 aliphatic rings. The van der Waals surface area contributed by atoms with Crippen LogP contribution in [-0.4, -0.2) is 41.8 Å². The first-order chi connectivity index (χ1) is 11.9. The molecule has 0 N–H and O–H groups in total. The SMILES string of the molecule is [2H]C([2H])([2H])N(C)C([2H])([2H])C([2H])([2H])OC(c1ccccc1)c1ccnn1C. The first-order valence-electron chi connectivity index (χ1n) is 9.32. The molecule has 0 aliphatic heterocycles. The fourth-order valence-corrected chi connectivity index (χ4v) is 1.72. The van der Waals surface area contributed by atoms with Gasteiger partial charge in [-0.2, -0.15) is 5.10 Å². The van der Waals surface area contributed by atoms with Crippen LogP contribution in [0.4, 0.5) is 0 Å². The van der Waals surface area contributed by atoms with Crippen molar-refractivity contribution in [3.05, 3.63) is 53.9 Å². The van der Waals surface area contributed by atoms with Crippen LogP contribution >= 0.6 is 0 Å². The molecule has 4 heteroatoms. The van der Waals surface area contributed by atoms with E-state index in [1.54, 1.807) is 43.4 Å². The van der Waals surface area contributed by atoms with E-state index >= 15 is 0 Å². The van der Waals surface area contributed by atoms with Crippen molar-refractivity contribution in [2.24, 2.45) is 7.05 Å². The second kappa shape index (κ2) is 6.50. The molecular weight excluding hydrogens is 238 g/mol. The summed E-state index contributed by atoms with van der Waals surface area (Å²) in [7, 11) is 2.66. The van der Waals surface area contributed by atoms with Gasteiger partial charge in [-0.15, -0.1) is 0 Å². The molecule has 1 aromatic heterocycles. The van der Waals surface area contributed by atoms with Crippen LogP contribution in [0.25, 0.3) is 0 Å².